The molecule has 1 aromatic rings. The molecule has 7 heteroatoms. The number of rotatable bonds is 4. The van der Waals surface area contributed by atoms with E-state index in [1.54, 1.807) is 0 Å². The smallest absolute Gasteiger partial charge is 0.332 e. The molecule has 104 valence electrons. The molecular formula is C12H12F2O4S. The summed E-state index contributed by atoms with van der Waals surface area (Å²) in [5, 5.41) is 8.76. The molecule has 19 heavy (non-hydrogen) atoms. The van der Waals surface area contributed by atoms with E-state index in [0.29, 0.717) is 12.8 Å². The van der Waals surface area contributed by atoms with E-state index in [1.165, 1.54) is 6.07 Å². The number of halogens is 2. The third kappa shape index (κ3) is 3.36. The SMILES string of the molecule is O=C(O)C1CCC(CS(=O)c2ccc(F)c(F)c2)O1. The molecule has 4 nitrogen and oxygen atoms in total. The number of carboxylic acid groups (broad SMARTS) is 1. The van der Waals surface area contributed by atoms with Gasteiger partial charge in [-0.15, -0.1) is 0 Å². The first-order valence-electron chi connectivity index (χ1n) is 5.69. The lowest BCUT2D eigenvalue weighted by Gasteiger charge is -2.11. The van der Waals surface area contributed by atoms with Crippen molar-refractivity contribution in [1.82, 2.24) is 0 Å². The van der Waals surface area contributed by atoms with Crippen molar-refractivity contribution in [2.24, 2.45) is 0 Å². The molecule has 0 radical (unpaired) electrons. The summed E-state index contributed by atoms with van der Waals surface area (Å²) in [7, 11) is -1.54. The topological polar surface area (TPSA) is 63.6 Å². The highest BCUT2D eigenvalue weighted by Crippen LogP contribution is 2.22. The van der Waals surface area contributed by atoms with E-state index < -0.39 is 40.6 Å². The summed E-state index contributed by atoms with van der Waals surface area (Å²) in [6.07, 6.45) is -0.441. The molecule has 1 saturated heterocycles. The minimum Gasteiger partial charge on any atom is -0.479 e. The van der Waals surface area contributed by atoms with Gasteiger partial charge in [0, 0.05) is 4.90 Å². The van der Waals surface area contributed by atoms with Gasteiger partial charge in [-0.1, -0.05) is 0 Å². The van der Waals surface area contributed by atoms with Gasteiger partial charge >= 0.3 is 5.97 Å². The molecule has 3 unspecified atom stereocenters. The standard InChI is InChI=1S/C12H12F2O4S/c13-9-3-2-8(5-10(9)14)19(17)6-7-1-4-11(18-7)12(15)16/h2-3,5,7,11H,1,4,6H2,(H,15,16). The van der Waals surface area contributed by atoms with Crippen LogP contribution in [0.15, 0.2) is 23.1 Å². The fourth-order valence-electron chi connectivity index (χ4n) is 1.89. The van der Waals surface area contributed by atoms with Crippen molar-refractivity contribution < 1.29 is 27.6 Å². The summed E-state index contributed by atoms with van der Waals surface area (Å²) in [6.45, 7) is 0. The van der Waals surface area contributed by atoms with E-state index >= 15 is 0 Å². The van der Waals surface area contributed by atoms with Gasteiger partial charge in [0.25, 0.3) is 0 Å². The molecule has 0 aliphatic carbocycles. The van der Waals surface area contributed by atoms with Crippen LogP contribution in [0.1, 0.15) is 12.8 Å². The average molecular weight is 290 g/mol. The Bertz CT molecular complexity index is 520. The second-order valence-electron chi connectivity index (χ2n) is 4.25. The van der Waals surface area contributed by atoms with Crippen LogP contribution >= 0.6 is 0 Å². The third-order valence-corrected chi connectivity index (χ3v) is 4.33. The number of hydrogen-bond acceptors (Lipinski definition) is 3. The maximum atomic E-state index is 13.0. The van der Waals surface area contributed by atoms with Crippen LogP contribution in [0.3, 0.4) is 0 Å². The first kappa shape index (κ1) is 14.1. The Balaban J connectivity index is 1.98. The molecule has 0 saturated carbocycles. The first-order chi connectivity index (χ1) is 8.97. The summed E-state index contributed by atoms with van der Waals surface area (Å²) in [6, 6.07) is 3.05. The van der Waals surface area contributed by atoms with Crippen molar-refractivity contribution in [2.45, 2.75) is 29.9 Å². The molecule has 1 aromatic carbocycles. The van der Waals surface area contributed by atoms with Gasteiger partial charge in [-0.05, 0) is 31.0 Å². The summed E-state index contributed by atoms with van der Waals surface area (Å²) in [4.78, 5) is 10.9. The number of aliphatic carboxylic acids is 1. The Kier molecular flexibility index (Phi) is 4.26. The molecule has 3 atom stereocenters. The van der Waals surface area contributed by atoms with Crippen molar-refractivity contribution >= 4 is 16.8 Å². The maximum Gasteiger partial charge on any atom is 0.332 e. The molecule has 2 rings (SSSR count). The number of ether oxygens (including phenoxy) is 1. The lowest BCUT2D eigenvalue weighted by molar-refractivity contribution is -0.148. The highest BCUT2D eigenvalue weighted by molar-refractivity contribution is 7.85. The van der Waals surface area contributed by atoms with E-state index in [1.807, 2.05) is 0 Å². The number of carbonyl (C=O) groups is 1. The monoisotopic (exact) mass is 290 g/mol. The molecule has 0 aromatic heterocycles. The molecule has 1 aliphatic heterocycles. The summed E-state index contributed by atoms with van der Waals surface area (Å²) >= 11 is 0. The van der Waals surface area contributed by atoms with Gasteiger partial charge in [0.05, 0.1) is 22.7 Å². The van der Waals surface area contributed by atoms with E-state index in [9.17, 15) is 17.8 Å². The van der Waals surface area contributed by atoms with Gasteiger partial charge in [0.2, 0.25) is 0 Å². The molecule has 0 bridgehead atoms. The second-order valence-corrected chi connectivity index (χ2v) is 5.75. The number of hydrogen-bond donors (Lipinski definition) is 1. The van der Waals surface area contributed by atoms with Crippen LogP contribution in [0.4, 0.5) is 8.78 Å². The second kappa shape index (κ2) is 5.75. The fraction of sp³-hybridized carbons (Fsp3) is 0.417. The van der Waals surface area contributed by atoms with Crippen molar-refractivity contribution in [2.75, 3.05) is 5.75 Å². The lowest BCUT2D eigenvalue weighted by Crippen LogP contribution is -2.23. The van der Waals surface area contributed by atoms with Gasteiger partial charge in [0.1, 0.15) is 0 Å². The van der Waals surface area contributed by atoms with Crippen molar-refractivity contribution in [3.05, 3.63) is 29.8 Å². The Hall–Kier alpha value is -1.34. The number of carboxylic acids is 1. The number of benzene rings is 1. The zero-order valence-electron chi connectivity index (χ0n) is 9.84. The summed E-state index contributed by atoms with van der Waals surface area (Å²) < 4.78 is 42.9. The molecule has 1 fully saturated rings. The van der Waals surface area contributed by atoms with E-state index in [2.05, 4.69) is 0 Å². The molecule has 1 aliphatic rings. The average Bonchev–Trinajstić information content (AvgIpc) is 2.81. The Morgan fingerprint density at radius 2 is 2.11 bits per heavy atom. The van der Waals surface area contributed by atoms with Crippen LogP contribution in [0, 0.1) is 11.6 Å². The molecule has 1 N–H and O–H groups in total. The molecule has 1 heterocycles. The van der Waals surface area contributed by atoms with Gasteiger partial charge in [0.15, 0.2) is 17.7 Å². The quantitative estimate of drug-likeness (QED) is 0.917. The van der Waals surface area contributed by atoms with Crippen LogP contribution in [0.25, 0.3) is 0 Å². The zero-order chi connectivity index (χ0) is 14.0. The van der Waals surface area contributed by atoms with Crippen LogP contribution in [-0.2, 0) is 20.3 Å². The zero-order valence-corrected chi connectivity index (χ0v) is 10.7. The summed E-state index contributed by atoms with van der Waals surface area (Å²) in [5.74, 6) is -3.01. The molecule has 0 amide bonds. The largest absolute Gasteiger partial charge is 0.479 e. The Morgan fingerprint density at radius 3 is 2.68 bits per heavy atom. The maximum absolute atomic E-state index is 13.0. The van der Waals surface area contributed by atoms with Crippen molar-refractivity contribution in [1.29, 1.82) is 0 Å². The van der Waals surface area contributed by atoms with E-state index in [4.69, 9.17) is 9.84 Å². The van der Waals surface area contributed by atoms with E-state index in [0.717, 1.165) is 12.1 Å². The highest BCUT2D eigenvalue weighted by atomic mass is 32.2. The van der Waals surface area contributed by atoms with Crippen LogP contribution in [0.5, 0.6) is 0 Å². The van der Waals surface area contributed by atoms with Crippen molar-refractivity contribution in [3.63, 3.8) is 0 Å². The van der Waals surface area contributed by atoms with Gasteiger partial charge < -0.3 is 9.84 Å². The van der Waals surface area contributed by atoms with Crippen molar-refractivity contribution in [3.8, 4) is 0 Å². The minimum atomic E-state index is -1.54. The van der Waals surface area contributed by atoms with Crippen LogP contribution in [0.2, 0.25) is 0 Å². The fourth-order valence-corrected chi connectivity index (χ4v) is 3.12. The lowest BCUT2D eigenvalue weighted by atomic mass is 10.2. The van der Waals surface area contributed by atoms with Gasteiger partial charge in [-0.25, -0.2) is 13.6 Å². The summed E-state index contributed by atoms with van der Waals surface area (Å²) in [5.41, 5.74) is 0. The van der Waals surface area contributed by atoms with Gasteiger partial charge in [-0.3, -0.25) is 4.21 Å². The Morgan fingerprint density at radius 1 is 1.37 bits per heavy atom. The van der Waals surface area contributed by atoms with Crippen LogP contribution in [-0.4, -0.2) is 33.2 Å². The third-order valence-electron chi connectivity index (χ3n) is 2.87. The molecular weight excluding hydrogens is 278 g/mol. The predicted molar refractivity (Wildman–Crippen MR) is 63.2 cm³/mol. The Labute approximate surface area is 110 Å². The normalized spacial score (nSPS) is 24.3. The van der Waals surface area contributed by atoms with Crippen LogP contribution < -0.4 is 0 Å². The predicted octanol–water partition coefficient (Wildman–Crippen LogP) is 1.70. The highest BCUT2D eigenvalue weighted by Gasteiger charge is 2.31. The van der Waals surface area contributed by atoms with Gasteiger partial charge in [-0.2, -0.15) is 0 Å². The molecule has 0 spiro atoms. The minimum absolute atomic E-state index is 0.0782. The first-order valence-corrected chi connectivity index (χ1v) is 7.01. The van der Waals surface area contributed by atoms with E-state index in [-0.39, 0.29) is 10.6 Å².